The van der Waals surface area contributed by atoms with Crippen LogP contribution in [0.2, 0.25) is 0 Å². The van der Waals surface area contributed by atoms with Crippen molar-refractivity contribution in [2.45, 2.75) is 70.2 Å². The number of hydrogen-bond acceptors (Lipinski definition) is 4. The van der Waals surface area contributed by atoms with E-state index in [1.807, 2.05) is 0 Å². The first-order chi connectivity index (χ1) is 9.49. The van der Waals surface area contributed by atoms with Gasteiger partial charge in [-0.2, -0.15) is 0 Å². The predicted octanol–water partition coefficient (Wildman–Crippen LogP) is 1.68. The first-order valence-corrected chi connectivity index (χ1v) is 8.24. The molecule has 0 radical (unpaired) electrons. The maximum Gasteiger partial charge on any atom is 0.0690 e. The summed E-state index contributed by atoms with van der Waals surface area (Å²) < 4.78 is 11.6. The van der Waals surface area contributed by atoms with E-state index in [1.165, 1.54) is 6.42 Å². The Labute approximate surface area is 122 Å². The molecule has 2 aliphatic carbocycles. The van der Waals surface area contributed by atoms with Crippen molar-refractivity contribution in [3.05, 3.63) is 0 Å². The number of fused-ring (bicyclic) bond motifs is 1. The van der Waals surface area contributed by atoms with Crippen LogP contribution in [0.15, 0.2) is 0 Å². The molecule has 1 aliphatic heterocycles. The van der Waals surface area contributed by atoms with Crippen LogP contribution in [0.4, 0.5) is 0 Å². The second-order valence-electron chi connectivity index (χ2n) is 7.43. The van der Waals surface area contributed by atoms with Gasteiger partial charge in [0, 0.05) is 42.7 Å². The summed E-state index contributed by atoms with van der Waals surface area (Å²) >= 11 is 0. The molecule has 0 aromatic heterocycles. The molecule has 20 heavy (non-hydrogen) atoms. The van der Waals surface area contributed by atoms with Crippen LogP contribution in [0.5, 0.6) is 0 Å². The van der Waals surface area contributed by atoms with Gasteiger partial charge in [0.15, 0.2) is 0 Å². The van der Waals surface area contributed by atoms with Gasteiger partial charge >= 0.3 is 0 Å². The molecule has 3 rings (SSSR count). The van der Waals surface area contributed by atoms with E-state index >= 15 is 0 Å². The molecular weight excluding hydrogens is 252 g/mol. The van der Waals surface area contributed by atoms with Gasteiger partial charge in [-0.1, -0.05) is 13.8 Å². The smallest absolute Gasteiger partial charge is 0.0690 e. The van der Waals surface area contributed by atoms with Crippen molar-refractivity contribution in [1.82, 2.24) is 5.32 Å². The summed E-state index contributed by atoms with van der Waals surface area (Å²) in [6.45, 7) is 9.25. The number of ether oxygens (including phenoxy) is 2. The number of rotatable bonds is 5. The molecule has 4 nitrogen and oxygen atoms in total. The molecule has 0 amide bonds. The Hall–Kier alpha value is -0.160. The van der Waals surface area contributed by atoms with Gasteiger partial charge in [-0.15, -0.1) is 0 Å². The zero-order valence-electron chi connectivity index (χ0n) is 13.2. The van der Waals surface area contributed by atoms with Crippen LogP contribution in [0.25, 0.3) is 0 Å². The lowest BCUT2D eigenvalue weighted by molar-refractivity contribution is -0.226. The van der Waals surface area contributed by atoms with Crippen molar-refractivity contribution >= 4 is 0 Å². The average Bonchev–Trinajstić information content (AvgIpc) is 2.40. The van der Waals surface area contributed by atoms with Gasteiger partial charge in [0.2, 0.25) is 0 Å². The molecule has 2 saturated carbocycles. The van der Waals surface area contributed by atoms with Crippen molar-refractivity contribution in [2.75, 3.05) is 19.8 Å². The summed E-state index contributed by atoms with van der Waals surface area (Å²) in [5, 5.41) is 3.68. The monoisotopic (exact) mass is 282 g/mol. The van der Waals surface area contributed by atoms with Crippen LogP contribution in [0.3, 0.4) is 0 Å². The van der Waals surface area contributed by atoms with E-state index in [0.29, 0.717) is 24.2 Å². The van der Waals surface area contributed by atoms with Crippen molar-refractivity contribution in [1.29, 1.82) is 0 Å². The summed E-state index contributed by atoms with van der Waals surface area (Å²) in [5.74, 6) is 0.529. The minimum Gasteiger partial charge on any atom is -0.378 e. The highest BCUT2D eigenvalue weighted by Gasteiger charge is 2.66. The van der Waals surface area contributed by atoms with Gasteiger partial charge < -0.3 is 20.5 Å². The van der Waals surface area contributed by atoms with Crippen molar-refractivity contribution in [3.63, 3.8) is 0 Å². The van der Waals surface area contributed by atoms with E-state index in [4.69, 9.17) is 15.2 Å². The van der Waals surface area contributed by atoms with Crippen LogP contribution >= 0.6 is 0 Å². The summed E-state index contributed by atoms with van der Waals surface area (Å²) in [7, 11) is 0. The van der Waals surface area contributed by atoms with Gasteiger partial charge in [0.1, 0.15) is 0 Å². The summed E-state index contributed by atoms with van der Waals surface area (Å²) in [4.78, 5) is 0. The van der Waals surface area contributed by atoms with Gasteiger partial charge in [-0.05, 0) is 32.6 Å². The number of nitrogens with one attached hydrogen (secondary N) is 1. The predicted molar refractivity (Wildman–Crippen MR) is 79.6 cm³/mol. The first-order valence-electron chi connectivity index (χ1n) is 8.24. The van der Waals surface area contributed by atoms with Crippen molar-refractivity contribution < 1.29 is 9.47 Å². The van der Waals surface area contributed by atoms with E-state index in [1.54, 1.807) is 0 Å². The number of hydrogen-bond donors (Lipinski definition) is 2. The molecule has 0 bridgehead atoms. The summed E-state index contributed by atoms with van der Waals surface area (Å²) in [6, 6.07) is 0.589. The highest BCUT2D eigenvalue weighted by Crippen LogP contribution is 2.57. The molecule has 0 aromatic carbocycles. The molecular formula is C16H30N2O2. The molecule has 3 N–H and O–H groups in total. The molecule has 4 heteroatoms. The highest BCUT2D eigenvalue weighted by atomic mass is 16.5. The van der Waals surface area contributed by atoms with E-state index < -0.39 is 0 Å². The van der Waals surface area contributed by atoms with E-state index in [-0.39, 0.29) is 11.0 Å². The lowest BCUT2D eigenvalue weighted by Crippen LogP contribution is -2.80. The van der Waals surface area contributed by atoms with Crippen LogP contribution in [-0.2, 0) is 9.47 Å². The second kappa shape index (κ2) is 5.24. The van der Waals surface area contributed by atoms with Crippen molar-refractivity contribution in [2.24, 2.45) is 17.1 Å². The third kappa shape index (κ3) is 2.12. The zero-order chi connectivity index (χ0) is 14.4. The fraction of sp³-hybridized carbons (Fsp3) is 1.00. The molecule has 116 valence electrons. The topological polar surface area (TPSA) is 56.5 Å². The zero-order valence-corrected chi connectivity index (χ0v) is 13.2. The Morgan fingerprint density at radius 3 is 2.80 bits per heavy atom. The van der Waals surface area contributed by atoms with E-state index in [9.17, 15) is 0 Å². The van der Waals surface area contributed by atoms with E-state index in [0.717, 1.165) is 39.0 Å². The lowest BCUT2D eigenvalue weighted by Gasteiger charge is -2.67. The van der Waals surface area contributed by atoms with Crippen LogP contribution in [0, 0.1) is 11.3 Å². The molecule has 1 heterocycles. The van der Waals surface area contributed by atoms with Gasteiger partial charge in [0.05, 0.1) is 12.2 Å². The SMILES string of the molecule is CCOC1CC(NCC2(N)C3CCCOC3C2(C)C)C1. The van der Waals surface area contributed by atoms with Crippen LogP contribution in [-0.4, -0.2) is 43.5 Å². The second-order valence-corrected chi connectivity index (χ2v) is 7.43. The number of nitrogens with two attached hydrogens (primary N) is 1. The molecule has 3 unspecified atom stereocenters. The largest absolute Gasteiger partial charge is 0.378 e. The summed E-state index contributed by atoms with van der Waals surface area (Å²) in [5.41, 5.74) is 6.74. The van der Waals surface area contributed by atoms with E-state index in [2.05, 4.69) is 26.1 Å². The Morgan fingerprint density at radius 1 is 1.35 bits per heavy atom. The average molecular weight is 282 g/mol. The van der Waals surface area contributed by atoms with Gasteiger partial charge in [-0.25, -0.2) is 0 Å². The van der Waals surface area contributed by atoms with Crippen molar-refractivity contribution in [3.8, 4) is 0 Å². The third-order valence-corrected chi connectivity index (χ3v) is 6.08. The Balaban J connectivity index is 1.52. The van der Waals surface area contributed by atoms with Gasteiger partial charge in [-0.3, -0.25) is 0 Å². The van der Waals surface area contributed by atoms with Crippen LogP contribution in [0.1, 0.15) is 46.5 Å². The van der Waals surface area contributed by atoms with Crippen LogP contribution < -0.4 is 11.1 Å². The molecule has 3 aliphatic rings. The molecule has 3 atom stereocenters. The third-order valence-electron chi connectivity index (χ3n) is 6.08. The first kappa shape index (κ1) is 14.8. The molecule has 3 fully saturated rings. The Bertz CT molecular complexity index is 354. The minimum atomic E-state index is -0.116. The fourth-order valence-electron chi connectivity index (χ4n) is 4.44. The highest BCUT2D eigenvalue weighted by molar-refractivity contribution is 5.21. The molecule has 0 spiro atoms. The lowest BCUT2D eigenvalue weighted by atomic mass is 9.46. The quantitative estimate of drug-likeness (QED) is 0.805. The fourth-order valence-corrected chi connectivity index (χ4v) is 4.44. The Morgan fingerprint density at radius 2 is 2.10 bits per heavy atom. The molecule has 1 saturated heterocycles. The maximum atomic E-state index is 6.78. The summed E-state index contributed by atoms with van der Waals surface area (Å²) in [6.07, 6.45) is 5.47. The van der Waals surface area contributed by atoms with Gasteiger partial charge in [0.25, 0.3) is 0 Å². The minimum absolute atomic E-state index is 0.0775. The normalized spacial score (nSPS) is 46.2. The Kier molecular flexibility index (Phi) is 3.87. The maximum absolute atomic E-state index is 6.78. The standard InChI is InChI=1S/C16H30N2O2/c1-4-19-12-8-11(9-12)18-10-16(17)13-6-5-7-20-14(13)15(16,2)3/h11-14,18H,4-10,17H2,1-3H3. The molecule has 0 aromatic rings.